The average molecular weight is 777 g/mol. The van der Waals surface area contributed by atoms with Gasteiger partial charge in [-0.25, -0.2) is 24.9 Å². The van der Waals surface area contributed by atoms with Crippen LogP contribution in [0.5, 0.6) is 0 Å². The molecule has 4 rings (SSSR count). The van der Waals surface area contributed by atoms with Gasteiger partial charge >= 0.3 is 5.97 Å². The summed E-state index contributed by atoms with van der Waals surface area (Å²) in [6.07, 6.45) is 21.4. The fourth-order valence-corrected chi connectivity index (χ4v) is 7.00. The van der Waals surface area contributed by atoms with Gasteiger partial charge in [-0.2, -0.15) is 0 Å². The van der Waals surface area contributed by atoms with Gasteiger partial charge in [0.2, 0.25) is 11.8 Å². The summed E-state index contributed by atoms with van der Waals surface area (Å²) >= 11 is 0. The number of guanidine groups is 2. The van der Waals surface area contributed by atoms with Crippen molar-refractivity contribution < 1.29 is 19.5 Å². The first-order chi connectivity index (χ1) is 26.7. The standard InChI is InChI=1S/C21H33N5O3.C21H35N5O/c1-14-10-15(2)25-21(24-14)26-19(27)9-7-5-4-6-8-17(11-20(28)29)18-12-22-16(3)23-13-18;1-5-17(18-14-23-16(2)24-15-18)10-8-6-7-9-11-19(27)25-20-22-13-12-21(3,4)26-20/h12-15,17H,4-11H2,1-3H3,(H,28,29)(H2,24,25,26,27);14-15,17H,5-13H2,1-4H3,(H2,22,25,26,27)/t14-,15-,17-;17-/m01/s1. The van der Waals surface area contributed by atoms with Crippen LogP contribution in [0.15, 0.2) is 34.8 Å². The summed E-state index contributed by atoms with van der Waals surface area (Å²) in [5, 5.41) is 21.4. The Balaban J connectivity index is 0.000000301. The van der Waals surface area contributed by atoms with Gasteiger partial charge in [0, 0.05) is 55.8 Å². The molecule has 4 heterocycles. The summed E-state index contributed by atoms with van der Waals surface area (Å²) in [6.45, 7) is 15.1. The molecule has 0 spiro atoms. The molecule has 0 fully saturated rings. The van der Waals surface area contributed by atoms with Crippen LogP contribution in [-0.2, 0) is 14.4 Å². The normalized spacial score (nSPS) is 18.4. The largest absolute Gasteiger partial charge is 0.481 e. The Morgan fingerprint density at radius 1 is 0.786 bits per heavy atom. The number of rotatable bonds is 19. The first-order valence-electron chi connectivity index (χ1n) is 20.8. The molecule has 4 atom stereocenters. The topological polar surface area (TPSA) is 196 Å². The maximum atomic E-state index is 12.1. The second kappa shape index (κ2) is 24.2. The highest BCUT2D eigenvalue weighted by Gasteiger charge is 2.23. The van der Waals surface area contributed by atoms with Gasteiger partial charge in [-0.05, 0) is 109 Å². The highest BCUT2D eigenvalue weighted by molar-refractivity contribution is 5.98. The van der Waals surface area contributed by atoms with Crippen molar-refractivity contribution in [3.8, 4) is 0 Å². The van der Waals surface area contributed by atoms with E-state index in [1.807, 2.05) is 33.2 Å². The van der Waals surface area contributed by atoms with Crippen LogP contribution in [0.4, 0.5) is 0 Å². The van der Waals surface area contributed by atoms with E-state index in [-0.39, 0.29) is 35.7 Å². The van der Waals surface area contributed by atoms with Crippen LogP contribution in [0.3, 0.4) is 0 Å². The lowest BCUT2D eigenvalue weighted by atomic mass is 9.92. The number of carboxylic acid groups (broad SMARTS) is 1. The number of unbranched alkanes of at least 4 members (excludes halogenated alkanes) is 6. The van der Waals surface area contributed by atoms with Crippen LogP contribution in [0.2, 0.25) is 0 Å². The Morgan fingerprint density at radius 2 is 1.29 bits per heavy atom. The molecule has 2 amide bonds. The Bertz CT molecular complexity index is 1560. The number of aliphatic carboxylic acids is 1. The maximum absolute atomic E-state index is 12.1. The summed E-state index contributed by atoms with van der Waals surface area (Å²) < 4.78 is 0. The number of amides is 2. The Labute approximate surface area is 334 Å². The minimum atomic E-state index is -0.810. The molecule has 2 aliphatic heterocycles. The van der Waals surface area contributed by atoms with Crippen molar-refractivity contribution in [1.82, 2.24) is 41.2 Å². The van der Waals surface area contributed by atoms with Gasteiger partial charge in [0.05, 0.1) is 12.5 Å². The predicted octanol–water partition coefficient (Wildman–Crippen LogP) is 6.79. The Hall–Kier alpha value is -4.49. The Kier molecular flexibility index (Phi) is 19.8. The fraction of sp³-hybridized carbons (Fsp3) is 0.690. The van der Waals surface area contributed by atoms with Crippen molar-refractivity contribution in [2.45, 2.75) is 181 Å². The molecule has 56 heavy (non-hydrogen) atoms. The van der Waals surface area contributed by atoms with Crippen LogP contribution in [0.25, 0.3) is 0 Å². The lowest BCUT2D eigenvalue weighted by Gasteiger charge is -2.31. The van der Waals surface area contributed by atoms with E-state index in [1.54, 1.807) is 12.4 Å². The smallest absolute Gasteiger partial charge is 0.303 e. The zero-order chi connectivity index (χ0) is 40.9. The summed E-state index contributed by atoms with van der Waals surface area (Å²) in [4.78, 5) is 61.1. The average Bonchev–Trinajstić information content (AvgIpc) is 3.12. The first kappa shape index (κ1) is 45.9. The molecular formula is C42H68N10O4. The van der Waals surface area contributed by atoms with Crippen LogP contribution < -0.4 is 21.3 Å². The molecule has 14 nitrogen and oxygen atoms in total. The molecule has 0 saturated carbocycles. The van der Waals surface area contributed by atoms with E-state index in [1.165, 1.54) is 12.0 Å². The number of hydrogen-bond donors (Lipinski definition) is 5. The second-order valence-electron chi connectivity index (χ2n) is 16.1. The number of aromatic nitrogens is 4. The third-order valence-corrected chi connectivity index (χ3v) is 10.3. The van der Waals surface area contributed by atoms with Gasteiger partial charge in [-0.3, -0.25) is 30.0 Å². The number of aryl methyl sites for hydroxylation is 2. The van der Waals surface area contributed by atoms with Gasteiger partial charge in [-0.15, -0.1) is 0 Å². The number of nitrogens with zero attached hydrogens (tertiary/aromatic N) is 6. The highest BCUT2D eigenvalue weighted by atomic mass is 16.4. The van der Waals surface area contributed by atoms with Crippen molar-refractivity contribution in [1.29, 1.82) is 0 Å². The second-order valence-corrected chi connectivity index (χ2v) is 16.1. The molecule has 14 heteroatoms. The summed E-state index contributed by atoms with van der Waals surface area (Å²) in [5.41, 5.74) is 2.12. The molecule has 0 aromatic carbocycles. The Morgan fingerprint density at radius 3 is 1.79 bits per heavy atom. The third kappa shape index (κ3) is 18.4. The molecule has 0 aliphatic carbocycles. The number of aliphatic imine (C=N–C) groups is 2. The third-order valence-electron chi connectivity index (χ3n) is 10.3. The van der Waals surface area contributed by atoms with Gasteiger partial charge < -0.3 is 15.7 Å². The van der Waals surface area contributed by atoms with E-state index in [0.717, 1.165) is 95.0 Å². The molecular weight excluding hydrogens is 709 g/mol. The van der Waals surface area contributed by atoms with E-state index >= 15 is 0 Å². The van der Waals surface area contributed by atoms with Crippen molar-refractivity contribution in [2.75, 3.05) is 6.54 Å². The quantitative estimate of drug-likeness (QED) is 0.0948. The monoisotopic (exact) mass is 777 g/mol. The zero-order valence-electron chi connectivity index (χ0n) is 35.0. The van der Waals surface area contributed by atoms with Crippen LogP contribution in [0, 0.1) is 13.8 Å². The number of nitrogens with one attached hydrogen (secondary N) is 4. The van der Waals surface area contributed by atoms with Crippen LogP contribution >= 0.6 is 0 Å². The summed E-state index contributed by atoms with van der Waals surface area (Å²) in [5.74, 6) is 2.41. The van der Waals surface area contributed by atoms with Gasteiger partial charge in [0.15, 0.2) is 11.9 Å². The maximum Gasteiger partial charge on any atom is 0.303 e. The molecule has 310 valence electrons. The molecule has 2 aromatic heterocycles. The van der Waals surface area contributed by atoms with E-state index in [2.05, 4.69) is 78.9 Å². The molecule has 5 N–H and O–H groups in total. The lowest BCUT2D eigenvalue weighted by molar-refractivity contribution is -0.137. The number of carbonyl (C=O) groups excluding carboxylic acids is 2. The lowest BCUT2D eigenvalue weighted by Crippen LogP contribution is -2.53. The number of carboxylic acids is 1. The molecule has 2 aromatic rings. The van der Waals surface area contributed by atoms with Gasteiger partial charge in [-0.1, -0.05) is 45.4 Å². The van der Waals surface area contributed by atoms with Crippen molar-refractivity contribution in [3.05, 3.63) is 47.6 Å². The number of carbonyl (C=O) groups is 3. The van der Waals surface area contributed by atoms with Gasteiger partial charge in [0.1, 0.15) is 11.6 Å². The molecule has 0 unspecified atom stereocenters. The van der Waals surface area contributed by atoms with E-state index < -0.39 is 5.97 Å². The van der Waals surface area contributed by atoms with E-state index in [0.29, 0.717) is 42.5 Å². The summed E-state index contributed by atoms with van der Waals surface area (Å²) in [7, 11) is 0. The molecule has 0 bridgehead atoms. The number of hydrogen-bond acceptors (Lipinski definition) is 11. The molecule has 2 aliphatic rings. The SMILES string of the molecule is CC[C@H](CCCCCCC(=O)NC1=NCCC(C)(C)N1)c1cnc(C)nc1.Cc1ncc([C@@H](CCCCCCC(=O)NC2=N[C@@H](C)C[C@H](C)N2)CC(=O)O)cn1. The zero-order valence-corrected chi connectivity index (χ0v) is 35.0. The fourth-order valence-electron chi connectivity index (χ4n) is 7.00. The van der Waals surface area contributed by atoms with Crippen LogP contribution in [0.1, 0.15) is 172 Å². The predicted molar refractivity (Wildman–Crippen MR) is 221 cm³/mol. The highest BCUT2D eigenvalue weighted by Crippen LogP contribution is 2.26. The minimum Gasteiger partial charge on any atom is -0.481 e. The molecule has 0 radical (unpaired) electrons. The summed E-state index contributed by atoms with van der Waals surface area (Å²) in [6, 6.07) is 0.537. The van der Waals surface area contributed by atoms with Crippen molar-refractivity contribution >= 4 is 29.7 Å². The van der Waals surface area contributed by atoms with Gasteiger partial charge in [0.25, 0.3) is 0 Å². The van der Waals surface area contributed by atoms with Crippen molar-refractivity contribution in [2.24, 2.45) is 9.98 Å². The van der Waals surface area contributed by atoms with Crippen molar-refractivity contribution in [3.63, 3.8) is 0 Å². The minimum absolute atomic E-state index is 0.00265. The van der Waals surface area contributed by atoms with E-state index in [4.69, 9.17) is 5.11 Å². The first-order valence-corrected chi connectivity index (χ1v) is 20.8. The van der Waals surface area contributed by atoms with E-state index in [9.17, 15) is 14.4 Å². The van der Waals surface area contributed by atoms with Crippen LogP contribution in [-0.4, -0.2) is 78.9 Å². The molecule has 0 saturated heterocycles.